The van der Waals surface area contributed by atoms with E-state index in [0.29, 0.717) is 28.2 Å². The molecule has 1 aromatic heterocycles. The zero-order chi connectivity index (χ0) is 21.0. The molecule has 2 aliphatic heterocycles. The molecular weight excluding hydrogens is 398 g/mol. The van der Waals surface area contributed by atoms with Crippen molar-refractivity contribution in [3.63, 3.8) is 0 Å². The van der Waals surface area contributed by atoms with Gasteiger partial charge < -0.3 is 4.90 Å². The number of halogens is 3. The quantitative estimate of drug-likeness (QED) is 0.725. The van der Waals surface area contributed by atoms with Gasteiger partial charge in [-0.2, -0.15) is 0 Å². The van der Waals surface area contributed by atoms with Gasteiger partial charge in [0.05, 0.1) is 12.6 Å². The maximum Gasteiger partial charge on any atom is 0.266 e. The second kappa shape index (κ2) is 6.95. The Hall–Kier alpha value is -2.19. The second-order valence-electron chi connectivity index (χ2n) is 8.66. The molecule has 0 spiro atoms. The molecule has 6 nitrogen and oxygen atoms in total. The minimum atomic E-state index is -2.71. The summed E-state index contributed by atoms with van der Waals surface area (Å²) >= 11 is 6.36. The summed E-state index contributed by atoms with van der Waals surface area (Å²) in [4.78, 5) is 11.0. The predicted molar refractivity (Wildman–Crippen MR) is 111 cm³/mol. The molecule has 0 aliphatic carbocycles. The van der Waals surface area contributed by atoms with Gasteiger partial charge in [0, 0.05) is 23.4 Å². The monoisotopic (exact) mass is 422 g/mol. The number of nitrogens with one attached hydrogen (secondary N) is 2. The van der Waals surface area contributed by atoms with Crippen molar-refractivity contribution in [2.75, 3.05) is 28.8 Å². The fourth-order valence-corrected chi connectivity index (χ4v) is 3.82. The third kappa shape index (κ3) is 3.83. The third-order valence-corrected chi connectivity index (χ3v) is 5.58. The molecule has 1 aromatic carbocycles. The van der Waals surface area contributed by atoms with E-state index in [0.717, 1.165) is 5.56 Å². The highest BCUT2D eigenvalue weighted by Crippen LogP contribution is 2.42. The second-order valence-corrected chi connectivity index (χ2v) is 9.07. The lowest BCUT2D eigenvalue weighted by Gasteiger charge is -2.25. The first kappa shape index (κ1) is 20.1. The number of hydrogen-bond donors (Lipinski definition) is 2. The van der Waals surface area contributed by atoms with Gasteiger partial charge in [-0.3, -0.25) is 10.9 Å². The smallest absolute Gasteiger partial charge is 0.266 e. The average molecular weight is 423 g/mol. The van der Waals surface area contributed by atoms with Crippen LogP contribution >= 0.6 is 11.6 Å². The Morgan fingerprint density at radius 2 is 1.90 bits per heavy atom. The number of anilines is 3. The van der Waals surface area contributed by atoms with Gasteiger partial charge >= 0.3 is 0 Å². The molecule has 4 rings (SSSR count). The number of rotatable bonds is 3. The third-order valence-electron chi connectivity index (χ3n) is 5.23. The van der Waals surface area contributed by atoms with E-state index in [4.69, 9.17) is 11.6 Å². The van der Waals surface area contributed by atoms with Crippen LogP contribution in [0.2, 0.25) is 5.02 Å². The van der Waals surface area contributed by atoms with Gasteiger partial charge in [0.2, 0.25) is 0 Å². The van der Waals surface area contributed by atoms with Crippen molar-refractivity contribution in [1.82, 2.24) is 15.1 Å². The zero-order valence-electron chi connectivity index (χ0n) is 16.9. The van der Waals surface area contributed by atoms with E-state index in [2.05, 4.69) is 20.8 Å². The molecule has 3 heterocycles. The van der Waals surface area contributed by atoms with E-state index in [-0.39, 0.29) is 31.0 Å². The predicted octanol–water partition coefficient (Wildman–Crippen LogP) is 5.00. The summed E-state index contributed by atoms with van der Waals surface area (Å²) in [6, 6.07) is 7.46. The first-order chi connectivity index (χ1) is 13.5. The lowest BCUT2D eigenvalue weighted by Crippen LogP contribution is -2.33. The first-order valence-corrected chi connectivity index (χ1v) is 10.1. The van der Waals surface area contributed by atoms with E-state index >= 15 is 0 Å². The van der Waals surface area contributed by atoms with Gasteiger partial charge in [-0.1, -0.05) is 50.6 Å². The average Bonchev–Trinajstić information content (AvgIpc) is 3.23. The molecule has 2 aromatic rings. The molecule has 9 heteroatoms. The van der Waals surface area contributed by atoms with Gasteiger partial charge in [0.25, 0.3) is 5.92 Å². The molecule has 0 amide bonds. The number of benzene rings is 1. The molecule has 2 N–H and O–H groups in total. The molecular formula is C20H25ClF2N6. The van der Waals surface area contributed by atoms with Crippen LogP contribution in [0.1, 0.15) is 51.5 Å². The van der Waals surface area contributed by atoms with Crippen molar-refractivity contribution in [3.05, 3.63) is 40.7 Å². The van der Waals surface area contributed by atoms with Gasteiger partial charge in [-0.15, -0.1) is 5.12 Å². The van der Waals surface area contributed by atoms with Crippen LogP contribution in [0.15, 0.2) is 24.3 Å². The summed E-state index contributed by atoms with van der Waals surface area (Å²) in [5.41, 5.74) is 7.73. The molecule has 0 bridgehead atoms. The number of alkyl halides is 2. The summed E-state index contributed by atoms with van der Waals surface area (Å²) in [5, 5.41) is 2.44. The van der Waals surface area contributed by atoms with Crippen molar-refractivity contribution in [1.29, 1.82) is 0 Å². The van der Waals surface area contributed by atoms with E-state index in [9.17, 15) is 8.78 Å². The summed E-state index contributed by atoms with van der Waals surface area (Å²) in [6.45, 7) is 7.91. The Bertz CT molecular complexity index is 930. The number of hydrogen-bond acceptors (Lipinski definition) is 6. The minimum Gasteiger partial charge on any atom is -0.348 e. The van der Waals surface area contributed by atoms with Crippen LogP contribution in [-0.2, 0) is 5.41 Å². The maximum absolute atomic E-state index is 13.9. The van der Waals surface area contributed by atoms with Crippen LogP contribution < -0.4 is 15.8 Å². The summed E-state index contributed by atoms with van der Waals surface area (Å²) in [5.74, 6) is -1.04. The highest BCUT2D eigenvalue weighted by Gasteiger charge is 2.41. The standard InChI is InChI=1S/C20H25ClF2N6/c1-12(13-7-5-6-8-14(13)21)29-26-15-16(27-29)24-18(19(2,3)4)25-17(15)28-10-9-20(22,23)11-28/h5-8,12,26H,9-11H2,1-4H3,(H,24,25,27)/t12-/m1/s1. The van der Waals surface area contributed by atoms with E-state index in [1.165, 1.54) is 0 Å². The highest BCUT2D eigenvalue weighted by atomic mass is 35.5. The van der Waals surface area contributed by atoms with Gasteiger partial charge in [0.1, 0.15) is 11.5 Å². The summed E-state index contributed by atoms with van der Waals surface area (Å²) < 4.78 is 27.8. The molecule has 29 heavy (non-hydrogen) atoms. The Labute approximate surface area is 174 Å². The van der Waals surface area contributed by atoms with Crippen LogP contribution in [0.4, 0.5) is 26.1 Å². The Morgan fingerprint density at radius 3 is 2.52 bits per heavy atom. The number of aromatic nitrogens is 2. The molecule has 0 saturated carbocycles. The molecule has 2 aliphatic rings. The van der Waals surface area contributed by atoms with E-state index in [1.807, 2.05) is 52.0 Å². The van der Waals surface area contributed by atoms with E-state index < -0.39 is 5.92 Å². The van der Waals surface area contributed by atoms with Crippen molar-refractivity contribution < 1.29 is 8.78 Å². The molecule has 1 fully saturated rings. The van der Waals surface area contributed by atoms with Gasteiger partial charge in [-0.25, -0.2) is 18.7 Å². The summed E-state index contributed by atoms with van der Waals surface area (Å²) in [6.07, 6.45) is -0.177. The number of fused-ring (bicyclic) bond motifs is 1. The van der Waals surface area contributed by atoms with Crippen molar-refractivity contribution in [2.24, 2.45) is 0 Å². The maximum atomic E-state index is 13.9. The molecule has 1 atom stereocenters. The number of hydrazine groups is 2. The molecule has 1 saturated heterocycles. The first-order valence-electron chi connectivity index (χ1n) is 9.67. The lowest BCUT2D eigenvalue weighted by molar-refractivity contribution is 0.0257. The SMILES string of the molecule is C[C@H](c1ccccc1Cl)N1Nc2nc(C(C)(C)C)nc(N3CCC(F)(F)C3)c2N1. The Kier molecular flexibility index (Phi) is 4.82. The van der Waals surface area contributed by atoms with Crippen LogP contribution in [0, 0.1) is 0 Å². The zero-order valence-corrected chi connectivity index (χ0v) is 17.7. The van der Waals surface area contributed by atoms with Crippen molar-refractivity contribution in [3.8, 4) is 0 Å². The molecule has 156 valence electrons. The highest BCUT2D eigenvalue weighted by molar-refractivity contribution is 6.31. The fourth-order valence-electron chi connectivity index (χ4n) is 3.52. The van der Waals surface area contributed by atoms with Gasteiger partial charge in [0.15, 0.2) is 11.6 Å². The Balaban J connectivity index is 1.70. The topological polar surface area (TPSA) is 56.3 Å². The fraction of sp³-hybridized carbons (Fsp3) is 0.500. The van der Waals surface area contributed by atoms with E-state index in [1.54, 1.807) is 10.0 Å². The largest absolute Gasteiger partial charge is 0.348 e. The van der Waals surface area contributed by atoms with Crippen LogP contribution in [0.5, 0.6) is 0 Å². The molecule has 0 unspecified atom stereocenters. The van der Waals surface area contributed by atoms with Crippen LogP contribution in [-0.4, -0.2) is 34.1 Å². The lowest BCUT2D eigenvalue weighted by atomic mass is 9.95. The van der Waals surface area contributed by atoms with Crippen LogP contribution in [0.3, 0.4) is 0 Å². The number of nitrogens with zero attached hydrogens (tertiary/aromatic N) is 4. The van der Waals surface area contributed by atoms with Crippen molar-refractivity contribution in [2.45, 2.75) is 51.5 Å². The van der Waals surface area contributed by atoms with Crippen LogP contribution in [0.25, 0.3) is 0 Å². The normalized spacial score (nSPS) is 19.6. The summed E-state index contributed by atoms with van der Waals surface area (Å²) in [7, 11) is 0. The van der Waals surface area contributed by atoms with Crippen molar-refractivity contribution >= 4 is 28.9 Å². The Morgan fingerprint density at radius 1 is 1.17 bits per heavy atom. The van der Waals surface area contributed by atoms with Gasteiger partial charge in [-0.05, 0) is 18.6 Å². The minimum absolute atomic E-state index is 0.135. The molecule has 0 radical (unpaired) electrons.